The SMILES string of the molecule is CC(C)(C)[Si](OC[C@H]1CC[N+]2=C(N1)N[C@@H](CSC[C@H]1CCN3CC[C@H](CSC[C@H]4CC[N+]5=C(N[C@@H](COS(C)(=O)=O)CC5)N4)N=C3N1)CC2)(c1ccccc1)c1ccccc1. The van der Waals surface area contributed by atoms with E-state index >= 15 is 0 Å². The number of benzene rings is 2. The van der Waals surface area contributed by atoms with E-state index in [-0.39, 0.29) is 23.7 Å². The minimum Gasteiger partial charge on any atom is -0.404 e. The summed E-state index contributed by atoms with van der Waals surface area (Å²) in [4.78, 5) is 7.69. The summed E-state index contributed by atoms with van der Waals surface area (Å²) in [5.41, 5.74) is 0. The van der Waals surface area contributed by atoms with Crippen molar-refractivity contribution in [2.24, 2.45) is 4.99 Å². The van der Waals surface area contributed by atoms with Crippen molar-refractivity contribution in [2.75, 3.05) is 81.7 Å². The van der Waals surface area contributed by atoms with Gasteiger partial charge >= 0.3 is 11.9 Å². The molecule has 2 aromatic rings. The van der Waals surface area contributed by atoms with Gasteiger partial charge in [0.15, 0.2) is 5.96 Å². The van der Waals surface area contributed by atoms with Crippen LogP contribution < -0.4 is 37.0 Å². The molecule has 6 aliphatic rings. The number of hydrogen-bond donors (Lipinski definition) is 5. The minimum absolute atomic E-state index is 0.00333. The summed E-state index contributed by atoms with van der Waals surface area (Å²) >= 11 is 4.06. The van der Waals surface area contributed by atoms with Gasteiger partial charge in [0, 0.05) is 67.8 Å². The van der Waals surface area contributed by atoms with E-state index in [4.69, 9.17) is 13.6 Å². The number of thioether (sulfide) groups is 2. The van der Waals surface area contributed by atoms with E-state index in [0.717, 1.165) is 119 Å². The lowest BCUT2D eigenvalue weighted by molar-refractivity contribution is -0.542. The topological polar surface area (TPSA) is 134 Å². The van der Waals surface area contributed by atoms with Crippen molar-refractivity contribution >= 4 is 70.2 Å². The van der Waals surface area contributed by atoms with Crippen LogP contribution in [0.1, 0.15) is 59.3 Å². The Labute approximate surface area is 374 Å². The van der Waals surface area contributed by atoms with Gasteiger partial charge in [-0.25, -0.2) is 4.99 Å². The van der Waals surface area contributed by atoms with E-state index in [1.807, 2.05) is 11.8 Å². The second-order valence-electron chi connectivity index (χ2n) is 18.7. The quantitative estimate of drug-likeness (QED) is 0.0960. The summed E-state index contributed by atoms with van der Waals surface area (Å²) in [5, 5.41) is 21.4. The predicted octanol–water partition coefficient (Wildman–Crippen LogP) is 1.98. The molecule has 1 fully saturated rings. The molecule has 8 rings (SSSR count). The average Bonchev–Trinajstić information content (AvgIpc) is 3.25. The summed E-state index contributed by atoms with van der Waals surface area (Å²) in [6.45, 7) is 14.1. The number of hydrogen-bond acceptors (Lipinski definition) is 13. The molecule has 0 aromatic heterocycles. The van der Waals surface area contributed by atoms with Gasteiger partial charge in [0.1, 0.15) is 6.04 Å². The third kappa shape index (κ3) is 11.2. The summed E-state index contributed by atoms with van der Waals surface area (Å²) in [6, 6.07) is 23.8. The predicted molar refractivity (Wildman–Crippen MR) is 254 cm³/mol. The number of nitrogens with one attached hydrogen (secondary N) is 5. The van der Waals surface area contributed by atoms with Crippen molar-refractivity contribution < 1.29 is 26.2 Å². The fourth-order valence-corrected chi connectivity index (χ4v) is 17.1. The zero-order valence-electron chi connectivity index (χ0n) is 36.6. The number of aliphatic imine (C=N–C) groups is 1. The fraction of sp³-hybridized carbons (Fsp3) is 0.659. The van der Waals surface area contributed by atoms with Gasteiger partial charge in [-0.2, -0.15) is 31.9 Å². The van der Waals surface area contributed by atoms with Crippen molar-refractivity contribution in [3.8, 4) is 0 Å². The van der Waals surface area contributed by atoms with Crippen molar-refractivity contribution in [3.63, 3.8) is 0 Å². The van der Waals surface area contributed by atoms with Crippen molar-refractivity contribution in [2.45, 2.75) is 101 Å². The third-order valence-electron chi connectivity index (χ3n) is 13.1. The van der Waals surface area contributed by atoms with Crippen LogP contribution in [-0.4, -0.2) is 167 Å². The van der Waals surface area contributed by atoms with E-state index in [9.17, 15) is 8.42 Å². The van der Waals surface area contributed by atoms with E-state index < -0.39 is 18.4 Å². The van der Waals surface area contributed by atoms with Gasteiger partial charge in [-0.05, 0) is 28.3 Å². The first kappa shape index (κ1) is 44.6. The van der Waals surface area contributed by atoms with Gasteiger partial charge in [0.2, 0.25) is 0 Å². The molecule has 17 heteroatoms. The lowest BCUT2D eigenvalue weighted by atomic mass is 10.1. The van der Waals surface area contributed by atoms with Crippen LogP contribution in [-0.2, 0) is 18.7 Å². The summed E-state index contributed by atoms with van der Waals surface area (Å²) < 4.78 is 40.2. The highest BCUT2D eigenvalue weighted by molar-refractivity contribution is 7.99. The molecule has 0 saturated carbocycles. The normalized spacial score (nSPS) is 27.0. The second kappa shape index (κ2) is 19.8. The molecule has 334 valence electrons. The zero-order chi connectivity index (χ0) is 42.5. The molecule has 0 amide bonds. The van der Waals surface area contributed by atoms with Gasteiger partial charge in [0.05, 0.1) is 69.8 Å². The molecule has 0 aliphatic carbocycles. The first-order chi connectivity index (χ1) is 29.4. The molecular formula is C44H69N9O4S3Si+2. The number of guanidine groups is 3. The van der Waals surface area contributed by atoms with E-state index in [2.05, 4.69) is 134 Å². The van der Waals surface area contributed by atoms with Crippen molar-refractivity contribution in [1.82, 2.24) is 31.5 Å². The Bertz CT molecular complexity index is 1960. The maximum atomic E-state index is 11.5. The van der Waals surface area contributed by atoms with E-state index in [0.29, 0.717) is 30.8 Å². The number of nitrogens with zero attached hydrogens (tertiary/aromatic N) is 4. The lowest BCUT2D eigenvalue weighted by Gasteiger charge is -2.44. The first-order valence-corrected chi connectivity index (χ1v) is 28.6. The highest BCUT2D eigenvalue weighted by atomic mass is 32.2. The van der Waals surface area contributed by atoms with Gasteiger partial charge < -0.3 is 14.6 Å². The van der Waals surface area contributed by atoms with Crippen LogP contribution in [0, 0.1) is 0 Å². The van der Waals surface area contributed by atoms with Crippen LogP contribution in [0.4, 0.5) is 0 Å². The Morgan fingerprint density at radius 2 is 1.15 bits per heavy atom. The van der Waals surface area contributed by atoms with Gasteiger partial charge in [-0.1, -0.05) is 81.4 Å². The van der Waals surface area contributed by atoms with E-state index in [1.165, 1.54) is 16.3 Å². The molecule has 1 saturated heterocycles. The first-order valence-electron chi connectivity index (χ1n) is 22.6. The molecule has 6 aliphatic heterocycles. The van der Waals surface area contributed by atoms with Crippen molar-refractivity contribution in [1.29, 1.82) is 0 Å². The van der Waals surface area contributed by atoms with E-state index in [1.54, 1.807) is 0 Å². The highest BCUT2D eigenvalue weighted by Gasteiger charge is 2.51. The van der Waals surface area contributed by atoms with Crippen LogP contribution in [0.5, 0.6) is 0 Å². The number of fused-ring (bicyclic) bond motifs is 1. The Morgan fingerprint density at radius 3 is 1.69 bits per heavy atom. The van der Waals surface area contributed by atoms with Crippen molar-refractivity contribution in [3.05, 3.63) is 60.7 Å². The van der Waals surface area contributed by atoms with Crippen LogP contribution in [0.2, 0.25) is 5.04 Å². The maximum Gasteiger partial charge on any atom is 0.346 e. The molecular weight excluding hydrogens is 843 g/mol. The fourth-order valence-electron chi connectivity index (χ4n) is 9.71. The summed E-state index contributed by atoms with van der Waals surface area (Å²) in [5.74, 6) is 7.53. The van der Waals surface area contributed by atoms with Crippen LogP contribution in [0.15, 0.2) is 65.7 Å². The lowest BCUT2D eigenvalue weighted by Crippen LogP contribution is -2.68. The largest absolute Gasteiger partial charge is 0.404 e. The third-order valence-corrected chi connectivity index (χ3v) is 21.2. The molecule has 5 N–H and O–H groups in total. The van der Waals surface area contributed by atoms with Crippen LogP contribution in [0.3, 0.4) is 0 Å². The second-order valence-corrected chi connectivity index (χ2v) is 26.8. The molecule has 61 heavy (non-hydrogen) atoms. The average molecular weight is 912 g/mol. The Kier molecular flexibility index (Phi) is 14.5. The standard InChI is InChI=1S/C44H67N9O4S3Si/c1-44(2,3)61(39-11-7-5-8-12-39,40-13-9-6-10-14-40)57-28-34-16-22-52-24-18-36(48-42(52)46-34)30-59-32-38-20-26-53-25-19-37(49-43(53)50-38)31-58-29-35-17-23-51-21-15-33(45-41(51)47-35)27-56-60(4,54)55/h5-14,33-38H,15-32H2,1-4H3,(H3,45,46,47,48,49,50)/p+2/t33-,34-,35-,36-,37-,38-/m1/s1. The number of rotatable bonds is 16. The summed E-state index contributed by atoms with van der Waals surface area (Å²) in [6.07, 6.45) is 7.56. The minimum atomic E-state index is -3.44. The monoisotopic (exact) mass is 911 g/mol. The molecule has 0 unspecified atom stereocenters. The summed E-state index contributed by atoms with van der Waals surface area (Å²) in [7, 11) is -6.04. The maximum absolute atomic E-state index is 11.5. The molecule has 0 bridgehead atoms. The smallest absolute Gasteiger partial charge is 0.346 e. The molecule has 6 atom stereocenters. The zero-order valence-corrected chi connectivity index (χ0v) is 40.1. The molecule has 6 heterocycles. The Balaban J connectivity index is 0.771. The molecule has 13 nitrogen and oxygen atoms in total. The van der Waals surface area contributed by atoms with Crippen LogP contribution in [0.25, 0.3) is 0 Å². The molecule has 2 aromatic carbocycles. The Morgan fingerprint density at radius 1 is 0.672 bits per heavy atom. The van der Waals surface area contributed by atoms with Gasteiger partial charge in [0.25, 0.3) is 18.4 Å². The van der Waals surface area contributed by atoms with Gasteiger partial charge in [-0.3, -0.25) is 34.6 Å². The van der Waals surface area contributed by atoms with Crippen LogP contribution >= 0.6 is 23.5 Å². The highest BCUT2D eigenvalue weighted by Crippen LogP contribution is 2.37. The molecule has 0 spiro atoms. The van der Waals surface area contributed by atoms with Gasteiger partial charge in [-0.15, -0.1) is 0 Å². The Hall–Kier alpha value is -2.96. The molecule has 0 radical (unpaired) electrons.